The number of urea groups is 1. The lowest BCUT2D eigenvalue weighted by Gasteiger charge is -2.34. The molecule has 0 spiro atoms. The van der Waals surface area contributed by atoms with Crippen molar-refractivity contribution in [1.29, 1.82) is 0 Å². The highest BCUT2D eigenvalue weighted by atomic mass is 16.2. The zero-order chi connectivity index (χ0) is 19.3. The van der Waals surface area contributed by atoms with Gasteiger partial charge in [0.2, 0.25) is 5.91 Å². The molecule has 3 aromatic rings. The first-order chi connectivity index (χ1) is 13.7. The maximum Gasteiger partial charge on any atom is 0.317 e. The van der Waals surface area contributed by atoms with Crippen LogP contribution in [0.4, 0.5) is 4.79 Å². The molecule has 1 saturated heterocycles. The van der Waals surface area contributed by atoms with Crippen molar-refractivity contribution in [2.45, 2.75) is 13.0 Å². The Balaban J connectivity index is 1.27. The van der Waals surface area contributed by atoms with Crippen LogP contribution in [0.25, 0.3) is 10.9 Å². The van der Waals surface area contributed by atoms with E-state index >= 15 is 0 Å². The molecular formula is C22H24N4O2. The van der Waals surface area contributed by atoms with Crippen LogP contribution in [0.1, 0.15) is 11.1 Å². The molecule has 1 aliphatic heterocycles. The van der Waals surface area contributed by atoms with E-state index in [1.54, 1.807) is 4.90 Å². The highest BCUT2D eigenvalue weighted by Crippen LogP contribution is 2.19. The van der Waals surface area contributed by atoms with Gasteiger partial charge >= 0.3 is 6.03 Å². The number of rotatable bonds is 4. The second-order valence-electron chi connectivity index (χ2n) is 7.05. The summed E-state index contributed by atoms with van der Waals surface area (Å²) in [6, 6.07) is 17.8. The molecule has 28 heavy (non-hydrogen) atoms. The third kappa shape index (κ3) is 4.01. The van der Waals surface area contributed by atoms with Gasteiger partial charge in [0, 0.05) is 49.8 Å². The number of hydrogen-bond acceptors (Lipinski definition) is 2. The zero-order valence-electron chi connectivity index (χ0n) is 15.7. The van der Waals surface area contributed by atoms with E-state index in [0.29, 0.717) is 39.1 Å². The zero-order valence-corrected chi connectivity index (χ0v) is 15.7. The van der Waals surface area contributed by atoms with Crippen molar-refractivity contribution < 1.29 is 9.59 Å². The molecular weight excluding hydrogens is 352 g/mol. The Morgan fingerprint density at radius 3 is 2.36 bits per heavy atom. The minimum absolute atomic E-state index is 0.0763. The SMILES string of the molecule is O=C(Cc1c[nH]c2ccccc12)N1CCN(C(=O)NCc2ccccc2)CC1. The molecule has 0 unspecified atom stereocenters. The number of hydrogen-bond donors (Lipinski definition) is 2. The predicted molar refractivity (Wildman–Crippen MR) is 109 cm³/mol. The molecule has 0 radical (unpaired) electrons. The Hall–Kier alpha value is -3.28. The first-order valence-corrected chi connectivity index (χ1v) is 9.60. The number of nitrogens with one attached hydrogen (secondary N) is 2. The van der Waals surface area contributed by atoms with Crippen LogP contribution in [0, 0.1) is 0 Å². The molecule has 6 nitrogen and oxygen atoms in total. The minimum atomic E-state index is -0.0763. The van der Waals surface area contributed by atoms with Gasteiger partial charge in [-0.1, -0.05) is 48.5 Å². The fraction of sp³-hybridized carbons (Fsp3) is 0.273. The number of aromatic nitrogens is 1. The summed E-state index contributed by atoms with van der Waals surface area (Å²) in [6.07, 6.45) is 2.29. The molecule has 6 heteroatoms. The summed E-state index contributed by atoms with van der Waals surface area (Å²) in [6.45, 7) is 2.76. The van der Waals surface area contributed by atoms with E-state index in [1.165, 1.54) is 0 Å². The highest BCUT2D eigenvalue weighted by Gasteiger charge is 2.24. The molecule has 0 bridgehead atoms. The molecule has 1 aromatic heterocycles. The van der Waals surface area contributed by atoms with Crippen molar-refractivity contribution in [3.8, 4) is 0 Å². The van der Waals surface area contributed by atoms with E-state index in [2.05, 4.69) is 10.3 Å². The third-order valence-corrected chi connectivity index (χ3v) is 5.22. The molecule has 0 atom stereocenters. The molecule has 2 heterocycles. The number of carbonyl (C=O) groups is 2. The van der Waals surface area contributed by atoms with Gasteiger partial charge in [0.1, 0.15) is 0 Å². The normalized spacial score (nSPS) is 14.3. The number of carbonyl (C=O) groups excluding carboxylic acids is 2. The summed E-state index contributed by atoms with van der Waals surface area (Å²) < 4.78 is 0. The van der Waals surface area contributed by atoms with Crippen molar-refractivity contribution in [2.75, 3.05) is 26.2 Å². The minimum Gasteiger partial charge on any atom is -0.361 e. The Kier molecular flexibility index (Phi) is 5.28. The average molecular weight is 376 g/mol. The molecule has 4 rings (SSSR count). The number of fused-ring (bicyclic) bond motifs is 1. The smallest absolute Gasteiger partial charge is 0.317 e. The van der Waals surface area contributed by atoms with Crippen molar-refractivity contribution in [3.05, 3.63) is 71.9 Å². The van der Waals surface area contributed by atoms with Crippen LogP contribution in [0.15, 0.2) is 60.8 Å². The lowest BCUT2D eigenvalue weighted by molar-refractivity contribution is -0.131. The first-order valence-electron chi connectivity index (χ1n) is 9.60. The van der Waals surface area contributed by atoms with E-state index in [9.17, 15) is 9.59 Å². The molecule has 0 saturated carbocycles. The Labute approximate surface area is 164 Å². The van der Waals surface area contributed by atoms with Crippen LogP contribution in [-0.4, -0.2) is 52.9 Å². The summed E-state index contributed by atoms with van der Waals surface area (Å²) in [4.78, 5) is 31.9. The van der Waals surface area contributed by atoms with Gasteiger partial charge in [0.15, 0.2) is 0 Å². The van der Waals surface area contributed by atoms with Gasteiger partial charge in [0.05, 0.1) is 6.42 Å². The number of aromatic amines is 1. The van der Waals surface area contributed by atoms with Crippen LogP contribution in [-0.2, 0) is 17.8 Å². The summed E-state index contributed by atoms with van der Waals surface area (Å²) in [7, 11) is 0. The molecule has 3 amide bonds. The van der Waals surface area contributed by atoms with E-state index in [4.69, 9.17) is 0 Å². The topological polar surface area (TPSA) is 68.4 Å². The van der Waals surface area contributed by atoms with Crippen molar-refractivity contribution >= 4 is 22.8 Å². The molecule has 1 fully saturated rings. The van der Waals surface area contributed by atoms with Gasteiger partial charge in [-0.15, -0.1) is 0 Å². The number of benzene rings is 2. The van der Waals surface area contributed by atoms with E-state index in [0.717, 1.165) is 22.0 Å². The summed E-state index contributed by atoms with van der Waals surface area (Å²) >= 11 is 0. The Morgan fingerprint density at radius 2 is 1.57 bits per heavy atom. The predicted octanol–water partition coefficient (Wildman–Crippen LogP) is 2.76. The van der Waals surface area contributed by atoms with E-state index < -0.39 is 0 Å². The molecule has 1 aliphatic rings. The summed E-state index contributed by atoms with van der Waals surface area (Å²) in [5, 5.41) is 4.04. The summed E-state index contributed by atoms with van der Waals surface area (Å²) in [5.74, 6) is 0.106. The largest absolute Gasteiger partial charge is 0.361 e. The van der Waals surface area contributed by atoms with Crippen LogP contribution < -0.4 is 5.32 Å². The summed E-state index contributed by atoms with van der Waals surface area (Å²) in [5.41, 5.74) is 3.14. The van der Waals surface area contributed by atoms with Gasteiger partial charge in [-0.25, -0.2) is 4.79 Å². The third-order valence-electron chi connectivity index (χ3n) is 5.22. The van der Waals surface area contributed by atoms with Gasteiger partial charge in [0.25, 0.3) is 0 Å². The number of amides is 3. The average Bonchev–Trinajstić information content (AvgIpc) is 3.16. The molecule has 0 aliphatic carbocycles. The molecule has 2 N–H and O–H groups in total. The standard InChI is InChI=1S/C22H24N4O2/c27-21(14-18-16-23-20-9-5-4-8-19(18)20)25-10-12-26(13-11-25)22(28)24-15-17-6-2-1-3-7-17/h1-9,16,23H,10-15H2,(H,24,28). The Morgan fingerprint density at radius 1 is 0.893 bits per heavy atom. The second-order valence-corrected chi connectivity index (χ2v) is 7.05. The monoisotopic (exact) mass is 376 g/mol. The molecule has 2 aromatic carbocycles. The number of para-hydroxylation sites is 1. The first kappa shape index (κ1) is 18.1. The van der Waals surface area contributed by atoms with E-state index in [1.807, 2.05) is 65.7 Å². The van der Waals surface area contributed by atoms with Crippen LogP contribution in [0.5, 0.6) is 0 Å². The van der Waals surface area contributed by atoms with Crippen LogP contribution >= 0.6 is 0 Å². The maximum absolute atomic E-state index is 12.7. The van der Waals surface area contributed by atoms with Crippen LogP contribution in [0.3, 0.4) is 0 Å². The van der Waals surface area contributed by atoms with Crippen LogP contribution in [0.2, 0.25) is 0 Å². The lowest BCUT2D eigenvalue weighted by atomic mass is 10.1. The lowest BCUT2D eigenvalue weighted by Crippen LogP contribution is -2.53. The van der Waals surface area contributed by atoms with Gasteiger partial charge in [-0.3, -0.25) is 4.79 Å². The van der Waals surface area contributed by atoms with Crippen molar-refractivity contribution in [3.63, 3.8) is 0 Å². The van der Waals surface area contributed by atoms with Crippen molar-refractivity contribution in [2.24, 2.45) is 0 Å². The fourth-order valence-electron chi connectivity index (χ4n) is 3.60. The maximum atomic E-state index is 12.7. The number of H-pyrrole nitrogens is 1. The quantitative estimate of drug-likeness (QED) is 0.735. The number of piperazine rings is 1. The van der Waals surface area contributed by atoms with Gasteiger partial charge in [-0.2, -0.15) is 0 Å². The van der Waals surface area contributed by atoms with Crippen molar-refractivity contribution in [1.82, 2.24) is 20.1 Å². The number of nitrogens with zero attached hydrogens (tertiary/aromatic N) is 2. The highest BCUT2D eigenvalue weighted by molar-refractivity contribution is 5.89. The Bertz CT molecular complexity index is 959. The second kappa shape index (κ2) is 8.17. The van der Waals surface area contributed by atoms with Gasteiger partial charge in [-0.05, 0) is 17.2 Å². The van der Waals surface area contributed by atoms with Gasteiger partial charge < -0.3 is 20.1 Å². The molecule has 144 valence electrons. The fourth-order valence-corrected chi connectivity index (χ4v) is 3.60. The van der Waals surface area contributed by atoms with E-state index in [-0.39, 0.29) is 11.9 Å².